The van der Waals surface area contributed by atoms with Crippen molar-refractivity contribution in [3.05, 3.63) is 98.2 Å². The summed E-state index contributed by atoms with van der Waals surface area (Å²) >= 11 is 11.0. The van der Waals surface area contributed by atoms with Crippen LogP contribution in [0.1, 0.15) is 5.56 Å². The molecule has 0 radical (unpaired) electrons. The topological polar surface area (TPSA) is 34.9 Å². The molecule has 0 aliphatic carbocycles. The van der Waals surface area contributed by atoms with Gasteiger partial charge in [-0.25, -0.2) is 4.98 Å². The number of halogens is 2. The molecule has 0 aliphatic rings. The van der Waals surface area contributed by atoms with Gasteiger partial charge < -0.3 is 0 Å². The van der Waals surface area contributed by atoms with Crippen molar-refractivity contribution < 1.29 is 0 Å². The van der Waals surface area contributed by atoms with Crippen molar-refractivity contribution in [3.8, 4) is 5.69 Å². The maximum atomic E-state index is 13.2. The van der Waals surface area contributed by atoms with Crippen LogP contribution in [0, 0.1) is 0 Å². The summed E-state index contributed by atoms with van der Waals surface area (Å²) in [5.74, 6) is 0.714. The molecule has 0 aliphatic heterocycles. The fourth-order valence-corrected chi connectivity index (χ4v) is 4.11. The molecule has 0 fully saturated rings. The Morgan fingerprint density at radius 2 is 1.67 bits per heavy atom. The molecule has 0 N–H and O–H groups in total. The van der Waals surface area contributed by atoms with E-state index >= 15 is 0 Å². The van der Waals surface area contributed by atoms with Gasteiger partial charge in [0, 0.05) is 15.2 Å². The minimum atomic E-state index is -0.0822. The Labute approximate surface area is 174 Å². The zero-order valence-electron chi connectivity index (χ0n) is 14.1. The number of aromatic nitrogens is 2. The molecule has 0 spiro atoms. The Morgan fingerprint density at radius 3 is 2.41 bits per heavy atom. The maximum absolute atomic E-state index is 13.2. The van der Waals surface area contributed by atoms with Crippen LogP contribution in [0.2, 0.25) is 5.02 Å². The van der Waals surface area contributed by atoms with E-state index in [0.717, 1.165) is 15.7 Å². The third-order valence-electron chi connectivity index (χ3n) is 4.11. The summed E-state index contributed by atoms with van der Waals surface area (Å²) in [6.07, 6.45) is 0. The zero-order valence-corrected chi connectivity index (χ0v) is 17.3. The highest BCUT2D eigenvalue weighted by molar-refractivity contribution is 9.10. The molecule has 4 aromatic rings. The van der Waals surface area contributed by atoms with Crippen LogP contribution in [0.15, 0.2) is 87.2 Å². The molecule has 1 heterocycles. The average molecular weight is 458 g/mol. The van der Waals surface area contributed by atoms with Crippen molar-refractivity contribution in [2.75, 3.05) is 0 Å². The van der Waals surface area contributed by atoms with Crippen LogP contribution in [0.5, 0.6) is 0 Å². The van der Waals surface area contributed by atoms with E-state index < -0.39 is 0 Å². The number of para-hydroxylation sites is 1. The van der Waals surface area contributed by atoms with E-state index in [-0.39, 0.29) is 5.56 Å². The van der Waals surface area contributed by atoms with Crippen LogP contribution in [-0.4, -0.2) is 9.55 Å². The van der Waals surface area contributed by atoms with E-state index in [1.165, 1.54) is 11.8 Å². The van der Waals surface area contributed by atoms with E-state index in [0.29, 0.717) is 26.8 Å². The number of nitrogens with zero attached hydrogens (tertiary/aromatic N) is 2. The normalized spacial score (nSPS) is 11.0. The molecule has 3 nitrogen and oxygen atoms in total. The van der Waals surface area contributed by atoms with Crippen LogP contribution >= 0.6 is 39.3 Å². The van der Waals surface area contributed by atoms with Crippen LogP contribution in [0.25, 0.3) is 16.6 Å². The number of hydrogen-bond acceptors (Lipinski definition) is 3. The van der Waals surface area contributed by atoms with Gasteiger partial charge in [0.05, 0.1) is 16.6 Å². The number of fused-ring (bicyclic) bond motifs is 1. The van der Waals surface area contributed by atoms with Gasteiger partial charge in [-0.3, -0.25) is 9.36 Å². The predicted octanol–water partition coefficient (Wildman–Crippen LogP) is 6.09. The Kier molecular flexibility index (Phi) is 5.34. The Balaban J connectivity index is 1.81. The maximum Gasteiger partial charge on any atom is 0.266 e. The predicted molar refractivity (Wildman–Crippen MR) is 116 cm³/mol. The molecule has 0 saturated heterocycles. The molecule has 0 bridgehead atoms. The summed E-state index contributed by atoms with van der Waals surface area (Å²) in [6, 6.07) is 22.8. The first kappa shape index (κ1) is 18.3. The van der Waals surface area contributed by atoms with Gasteiger partial charge >= 0.3 is 0 Å². The van der Waals surface area contributed by atoms with Crippen molar-refractivity contribution >= 4 is 50.2 Å². The highest BCUT2D eigenvalue weighted by Crippen LogP contribution is 2.25. The van der Waals surface area contributed by atoms with Crippen molar-refractivity contribution in [3.63, 3.8) is 0 Å². The van der Waals surface area contributed by atoms with Crippen LogP contribution in [0.3, 0.4) is 0 Å². The highest BCUT2D eigenvalue weighted by atomic mass is 79.9. The van der Waals surface area contributed by atoms with E-state index in [1.807, 2.05) is 42.5 Å². The summed E-state index contributed by atoms with van der Waals surface area (Å²) in [6.45, 7) is 0. The first-order valence-corrected chi connectivity index (χ1v) is 10.4. The number of thioether (sulfide) groups is 1. The standard InChI is InChI=1S/C21H14BrClN2OS/c22-15-7-5-14(6-8-15)13-27-21-24-19-4-2-1-3-18(19)20(26)25(21)17-11-9-16(23)10-12-17/h1-12H,13H2. The van der Waals surface area contributed by atoms with Gasteiger partial charge in [-0.05, 0) is 54.1 Å². The third-order valence-corrected chi connectivity index (χ3v) is 5.90. The third kappa shape index (κ3) is 3.95. The lowest BCUT2D eigenvalue weighted by molar-refractivity contribution is 0.819. The molecular formula is C21H14BrClN2OS. The molecule has 1 aromatic heterocycles. The van der Waals surface area contributed by atoms with E-state index in [9.17, 15) is 4.79 Å². The fraction of sp³-hybridized carbons (Fsp3) is 0.0476. The molecule has 134 valence electrons. The Hall–Kier alpha value is -2.08. The van der Waals surface area contributed by atoms with Crippen molar-refractivity contribution in [1.29, 1.82) is 0 Å². The van der Waals surface area contributed by atoms with Crippen LogP contribution in [0.4, 0.5) is 0 Å². The van der Waals surface area contributed by atoms with E-state index in [1.54, 1.807) is 22.8 Å². The second kappa shape index (κ2) is 7.89. The Bertz CT molecular complexity index is 1160. The Morgan fingerprint density at radius 1 is 0.963 bits per heavy atom. The first-order valence-electron chi connectivity index (χ1n) is 8.27. The monoisotopic (exact) mass is 456 g/mol. The minimum Gasteiger partial charge on any atom is -0.268 e. The zero-order chi connectivity index (χ0) is 18.8. The fourth-order valence-electron chi connectivity index (χ4n) is 2.76. The van der Waals surface area contributed by atoms with Gasteiger partial charge in [0.25, 0.3) is 5.56 Å². The number of rotatable bonds is 4. The molecule has 6 heteroatoms. The molecule has 27 heavy (non-hydrogen) atoms. The molecule has 3 aromatic carbocycles. The van der Waals surface area contributed by atoms with E-state index in [4.69, 9.17) is 16.6 Å². The number of benzene rings is 3. The van der Waals surface area contributed by atoms with E-state index in [2.05, 4.69) is 28.1 Å². The molecule has 0 amide bonds. The summed E-state index contributed by atoms with van der Waals surface area (Å²) in [5.41, 5.74) is 2.53. The van der Waals surface area contributed by atoms with Crippen LogP contribution in [-0.2, 0) is 5.75 Å². The van der Waals surface area contributed by atoms with Gasteiger partial charge in [0.1, 0.15) is 0 Å². The summed E-state index contributed by atoms with van der Waals surface area (Å²) in [7, 11) is 0. The van der Waals surface area contributed by atoms with Gasteiger partial charge in [-0.15, -0.1) is 0 Å². The second-order valence-corrected chi connectivity index (χ2v) is 8.24. The second-order valence-electron chi connectivity index (χ2n) is 5.94. The van der Waals surface area contributed by atoms with Crippen molar-refractivity contribution in [2.45, 2.75) is 10.9 Å². The molecule has 0 unspecified atom stereocenters. The average Bonchev–Trinajstić information content (AvgIpc) is 2.69. The van der Waals surface area contributed by atoms with Gasteiger partial charge in [-0.2, -0.15) is 0 Å². The lowest BCUT2D eigenvalue weighted by Gasteiger charge is -2.13. The number of hydrogen-bond donors (Lipinski definition) is 0. The van der Waals surface area contributed by atoms with Gasteiger partial charge in [0.15, 0.2) is 5.16 Å². The highest BCUT2D eigenvalue weighted by Gasteiger charge is 2.13. The molecule has 4 rings (SSSR count). The summed E-state index contributed by atoms with van der Waals surface area (Å²) in [5, 5.41) is 1.88. The van der Waals surface area contributed by atoms with Crippen molar-refractivity contribution in [2.24, 2.45) is 0 Å². The first-order chi connectivity index (χ1) is 13.1. The molecule has 0 atom stereocenters. The van der Waals surface area contributed by atoms with Crippen LogP contribution < -0.4 is 5.56 Å². The SMILES string of the molecule is O=c1c2ccccc2nc(SCc2ccc(Br)cc2)n1-c1ccc(Cl)cc1. The largest absolute Gasteiger partial charge is 0.268 e. The quantitative estimate of drug-likeness (QED) is 0.274. The van der Waals surface area contributed by atoms with Gasteiger partial charge in [0.2, 0.25) is 0 Å². The molecule has 0 saturated carbocycles. The lowest BCUT2D eigenvalue weighted by Crippen LogP contribution is -2.21. The van der Waals surface area contributed by atoms with Crippen molar-refractivity contribution in [1.82, 2.24) is 9.55 Å². The van der Waals surface area contributed by atoms with Gasteiger partial charge in [-0.1, -0.05) is 63.6 Å². The lowest BCUT2D eigenvalue weighted by atomic mass is 10.2. The summed E-state index contributed by atoms with van der Waals surface area (Å²) in [4.78, 5) is 17.9. The minimum absolute atomic E-state index is 0.0822. The smallest absolute Gasteiger partial charge is 0.266 e. The molecular weight excluding hydrogens is 444 g/mol. The summed E-state index contributed by atoms with van der Waals surface area (Å²) < 4.78 is 2.69.